The van der Waals surface area contributed by atoms with Crippen LogP contribution in [0.2, 0.25) is 0 Å². The van der Waals surface area contributed by atoms with Crippen molar-refractivity contribution in [2.24, 2.45) is 5.73 Å². The van der Waals surface area contributed by atoms with Crippen molar-refractivity contribution in [2.75, 3.05) is 24.6 Å². The van der Waals surface area contributed by atoms with E-state index in [0.717, 1.165) is 53.8 Å². The molecule has 0 saturated carbocycles. The Balaban J connectivity index is 1.76. The lowest BCUT2D eigenvalue weighted by molar-refractivity contribution is 0.100. The van der Waals surface area contributed by atoms with Crippen molar-refractivity contribution in [2.45, 2.75) is 25.7 Å². The number of carbonyl (C=O) groups excluding carboxylic acids is 1. The fourth-order valence-corrected chi connectivity index (χ4v) is 4.86. The van der Waals surface area contributed by atoms with E-state index >= 15 is 0 Å². The van der Waals surface area contributed by atoms with Crippen LogP contribution >= 0.6 is 11.9 Å². The first-order valence-corrected chi connectivity index (χ1v) is 10.6. The molecule has 0 aliphatic carbocycles. The smallest absolute Gasteiger partial charge is 0.250 e. The van der Waals surface area contributed by atoms with Gasteiger partial charge in [-0.05, 0) is 48.6 Å². The SMILES string of the molecule is CCSN1CCC(c2c[nH]c3c(C(N)=O)cc(-c4cccc(N)n4)cc23)CC1. The predicted molar refractivity (Wildman–Crippen MR) is 116 cm³/mol. The lowest BCUT2D eigenvalue weighted by atomic mass is 9.89. The highest BCUT2D eigenvalue weighted by molar-refractivity contribution is 7.96. The zero-order chi connectivity index (χ0) is 19.7. The average molecular weight is 396 g/mol. The molecule has 28 heavy (non-hydrogen) atoms. The average Bonchev–Trinajstić information content (AvgIpc) is 3.12. The number of hydrogen-bond donors (Lipinski definition) is 3. The van der Waals surface area contributed by atoms with Crippen LogP contribution in [-0.4, -0.2) is 39.0 Å². The van der Waals surface area contributed by atoms with Crippen molar-refractivity contribution < 1.29 is 4.79 Å². The summed E-state index contributed by atoms with van der Waals surface area (Å²) in [6, 6.07) is 9.41. The number of hydrogen-bond acceptors (Lipinski definition) is 5. The molecule has 6 nitrogen and oxygen atoms in total. The van der Waals surface area contributed by atoms with Crippen molar-refractivity contribution in [3.63, 3.8) is 0 Å². The molecule has 0 radical (unpaired) electrons. The number of nitrogen functional groups attached to an aromatic ring is 1. The summed E-state index contributed by atoms with van der Waals surface area (Å²) in [6.45, 7) is 4.34. The van der Waals surface area contributed by atoms with Crippen molar-refractivity contribution in [1.82, 2.24) is 14.3 Å². The van der Waals surface area contributed by atoms with Crippen LogP contribution in [0.1, 0.15) is 41.6 Å². The molecule has 1 aromatic carbocycles. The maximum absolute atomic E-state index is 12.1. The third-order valence-electron chi connectivity index (χ3n) is 5.36. The molecular weight excluding hydrogens is 370 g/mol. The number of pyridine rings is 1. The molecule has 3 heterocycles. The van der Waals surface area contributed by atoms with E-state index in [0.29, 0.717) is 17.3 Å². The Morgan fingerprint density at radius 1 is 1.32 bits per heavy atom. The molecule has 0 bridgehead atoms. The van der Waals surface area contributed by atoms with Gasteiger partial charge >= 0.3 is 0 Å². The van der Waals surface area contributed by atoms with Crippen LogP contribution in [0.3, 0.4) is 0 Å². The van der Waals surface area contributed by atoms with Gasteiger partial charge in [-0.2, -0.15) is 0 Å². The normalized spacial score (nSPS) is 15.9. The summed E-state index contributed by atoms with van der Waals surface area (Å²) in [5.41, 5.74) is 15.7. The van der Waals surface area contributed by atoms with Crippen LogP contribution in [0.25, 0.3) is 22.2 Å². The second-order valence-corrected chi connectivity index (χ2v) is 8.48. The van der Waals surface area contributed by atoms with E-state index in [4.69, 9.17) is 11.5 Å². The van der Waals surface area contributed by atoms with Gasteiger partial charge in [0.25, 0.3) is 5.91 Å². The maximum Gasteiger partial charge on any atom is 0.250 e. The van der Waals surface area contributed by atoms with Gasteiger partial charge in [-0.3, -0.25) is 9.10 Å². The van der Waals surface area contributed by atoms with Crippen molar-refractivity contribution >= 4 is 34.6 Å². The van der Waals surface area contributed by atoms with Crippen LogP contribution in [0.4, 0.5) is 5.82 Å². The van der Waals surface area contributed by atoms with E-state index in [1.54, 1.807) is 12.1 Å². The number of anilines is 1. The van der Waals surface area contributed by atoms with E-state index in [2.05, 4.69) is 27.3 Å². The highest BCUT2D eigenvalue weighted by Crippen LogP contribution is 2.37. The molecule has 5 N–H and O–H groups in total. The largest absolute Gasteiger partial charge is 0.384 e. The molecule has 3 aromatic rings. The molecule has 1 amide bonds. The molecule has 4 rings (SSSR count). The second-order valence-electron chi connectivity index (χ2n) is 7.12. The van der Waals surface area contributed by atoms with E-state index in [1.165, 1.54) is 5.56 Å². The summed E-state index contributed by atoms with van der Waals surface area (Å²) in [7, 11) is 0. The molecule has 1 aliphatic heterocycles. The minimum Gasteiger partial charge on any atom is -0.384 e. The molecule has 0 spiro atoms. The second kappa shape index (κ2) is 7.85. The van der Waals surface area contributed by atoms with Crippen LogP contribution in [-0.2, 0) is 0 Å². The lowest BCUT2D eigenvalue weighted by Crippen LogP contribution is -2.27. The van der Waals surface area contributed by atoms with Crippen LogP contribution in [0, 0.1) is 0 Å². The highest BCUT2D eigenvalue weighted by Gasteiger charge is 2.24. The number of nitrogens with two attached hydrogens (primary N) is 2. The summed E-state index contributed by atoms with van der Waals surface area (Å²) in [5, 5.41) is 1.05. The first-order chi connectivity index (χ1) is 13.6. The Morgan fingerprint density at radius 2 is 2.11 bits per heavy atom. The Bertz CT molecular complexity index is 1010. The van der Waals surface area contributed by atoms with Gasteiger partial charge in [0.1, 0.15) is 5.82 Å². The van der Waals surface area contributed by atoms with Crippen LogP contribution in [0.5, 0.6) is 0 Å². The first kappa shape index (κ1) is 18.8. The summed E-state index contributed by atoms with van der Waals surface area (Å²) in [6.07, 6.45) is 4.25. The molecule has 7 heteroatoms. The number of amides is 1. The fourth-order valence-electron chi connectivity index (χ4n) is 4.02. The van der Waals surface area contributed by atoms with Crippen molar-refractivity contribution in [1.29, 1.82) is 0 Å². The van der Waals surface area contributed by atoms with Gasteiger partial charge in [-0.25, -0.2) is 4.98 Å². The number of benzene rings is 1. The zero-order valence-corrected chi connectivity index (χ0v) is 16.8. The first-order valence-electron chi connectivity index (χ1n) is 9.62. The summed E-state index contributed by atoms with van der Waals surface area (Å²) >= 11 is 1.91. The van der Waals surface area contributed by atoms with E-state index in [1.807, 2.05) is 30.3 Å². The third kappa shape index (κ3) is 3.59. The molecule has 1 saturated heterocycles. The number of nitrogens with one attached hydrogen (secondary N) is 1. The number of fused-ring (bicyclic) bond motifs is 1. The lowest BCUT2D eigenvalue weighted by Gasteiger charge is -2.30. The van der Waals surface area contributed by atoms with Gasteiger partial charge in [0, 0.05) is 36.0 Å². The van der Waals surface area contributed by atoms with E-state index < -0.39 is 5.91 Å². The number of primary amides is 1. The summed E-state index contributed by atoms with van der Waals surface area (Å²) < 4.78 is 2.45. The number of aromatic nitrogens is 2. The minimum absolute atomic E-state index is 0.446. The van der Waals surface area contributed by atoms with Gasteiger partial charge in [0.2, 0.25) is 0 Å². The van der Waals surface area contributed by atoms with Gasteiger partial charge in [0.05, 0.1) is 16.8 Å². The maximum atomic E-state index is 12.1. The molecule has 1 aliphatic rings. The molecule has 1 fully saturated rings. The van der Waals surface area contributed by atoms with E-state index in [-0.39, 0.29) is 0 Å². The number of H-pyrrole nitrogens is 1. The molecular formula is C21H25N5OS. The Kier molecular flexibility index (Phi) is 5.28. The fraction of sp³-hybridized carbons (Fsp3) is 0.333. The Labute approximate surface area is 168 Å². The molecule has 2 aromatic heterocycles. The molecule has 0 unspecified atom stereocenters. The van der Waals surface area contributed by atoms with Crippen molar-refractivity contribution in [3.05, 3.63) is 47.7 Å². The number of carbonyl (C=O) groups is 1. The van der Waals surface area contributed by atoms with Crippen molar-refractivity contribution in [3.8, 4) is 11.3 Å². The topological polar surface area (TPSA) is 101 Å². The minimum atomic E-state index is -0.446. The van der Waals surface area contributed by atoms with Gasteiger partial charge < -0.3 is 16.5 Å². The highest BCUT2D eigenvalue weighted by atomic mass is 32.2. The summed E-state index contributed by atoms with van der Waals surface area (Å²) in [4.78, 5) is 19.8. The number of piperidine rings is 1. The van der Waals surface area contributed by atoms with E-state index in [9.17, 15) is 4.79 Å². The van der Waals surface area contributed by atoms with Crippen LogP contribution in [0.15, 0.2) is 36.5 Å². The quantitative estimate of drug-likeness (QED) is 0.571. The zero-order valence-electron chi connectivity index (χ0n) is 15.9. The molecule has 146 valence electrons. The monoisotopic (exact) mass is 395 g/mol. The Morgan fingerprint density at radius 3 is 2.79 bits per heavy atom. The standard InChI is InChI=1S/C21H25N5OS/c1-2-28-26-8-6-13(7-9-26)17-12-24-20-15(17)10-14(11-16(20)21(23)27)18-4-3-5-19(22)25-18/h3-5,10-13,24H,2,6-9H2,1H3,(H2,22,25)(H2,23,27). The number of aromatic amines is 1. The van der Waals surface area contributed by atoms with Crippen LogP contribution < -0.4 is 11.5 Å². The molecule has 0 atom stereocenters. The third-order valence-corrected chi connectivity index (χ3v) is 6.35. The number of rotatable bonds is 5. The Hall–Kier alpha value is -2.51. The number of nitrogens with zero attached hydrogens (tertiary/aromatic N) is 2. The summed E-state index contributed by atoms with van der Waals surface area (Å²) in [5.74, 6) is 1.58. The van der Waals surface area contributed by atoms with Gasteiger partial charge in [0.15, 0.2) is 0 Å². The predicted octanol–water partition coefficient (Wildman–Crippen LogP) is 3.76. The van der Waals surface area contributed by atoms with Gasteiger partial charge in [-0.1, -0.05) is 24.9 Å². The van der Waals surface area contributed by atoms with Gasteiger partial charge in [-0.15, -0.1) is 0 Å².